The highest BCUT2D eigenvalue weighted by molar-refractivity contribution is 5.88. The summed E-state index contributed by atoms with van der Waals surface area (Å²) in [5, 5.41) is 23.8. The van der Waals surface area contributed by atoms with Crippen molar-refractivity contribution in [3.05, 3.63) is 53.6 Å². The van der Waals surface area contributed by atoms with Gasteiger partial charge in [0.2, 0.25) is 0 Å². The van der Waals surface area contributed by atoms with Crippen molar-refractivity contribution >= 4 is 35.7 Å². The number of unbranched alkanes of at least 4 members (excludes halogenated alkanes) is 2. The van der Waals surface area contributed by atoms with Gasteiger partial charge in [0.15, 0.2) is 30.9 Å². The number of carbonyl (C=O) groups is 5. The summed E-state index contributed by atoms with van der Waals surface area (Å²) in [6.07, 6.45) is -3.43. The van der Waals surface area contributed by atoms with E-state index in [0.29, 0.717) is 31.2 Å². The molecule has 0 unspecified atom stereocenters. The molecule has 59 heavy (non-hydrogen) atoms. The Morgan fingerprint density at radius 2 is 1.56 bits per heavy atom. The van der Waals surface area contributed by atoms with Gasteiger partial charge in [0, 0.05) is 31.4 Å². The molecule has 1 aromatic rings. The summed E-state index contributed by atoms with van der Waals surface area (Å²) in [4.78, 5) is 64.5. The smallest absolute Gasteiger partial charge is 0.333 e. The number of allylic oxidation sites excluding steroid dienone is 1. The first-order valence-corrected chi connectivity index (χ1v) is 20.9. The quantitative estimate of drug-likeness (QED) is 0.135. The van der Waals surface area contributed by atoms with Gasteiger partial charge in [0.25, 0.3) is 0 Å². The topological polar surface area (TPSA) is 200 Å². The number of esters is 4. The fraction of sp³-hybridized carbons (Fsp3) is 0.659. The summed E-state index contributed by atoms with van der Waals surface area (Å²) in [5.74, 6) is -3.23. The second kappa shape index (κ2) is 24.3. The van der Waals surface area contributed by atoms with Gasteiger partial charge in [-0.1, -0.05) is 81.9 Å². The molecule has 11 atom stereocenters. The number of aliphatic hydroxyl groups is 2. The van der Waals surface area contributed by atoms with Crippen molar-refractivity contribution in [1.29, 1.82) is 0 Å². The monoisotopic (exact) mass is 830 g/mol. The highest BCUT2D eigenvalue weighted by Crippen LogP contribution is 2.34. The van der Waals surface area contributed by atoms with E-state index in [1.165, 1.54) is 26.0 Å². The molecule has 2 bridgehead atoms. The number of rotatable bonds is 10. The molecule has 2 N–H and O–H groups in total. The van der Waals surface area contributed by atoms with Crippen molar-refractivity contribution in [3.8, 4) is 0 Å². The standard InChI is InChI=1S/C44H62O15/c1-6-8-12-20-32-21-16-10-9-15-19-31(46)23-25-34(47)52-26-33-39(57-35(48)24-22-30-17-13-11-14-18-30)40(58-42(51)27(3)7-2)37(50)43(56-33)59-41-36(49)38(54-29(5)45)28(4)53-44(41)55-32/h7,11,13-14,17-18,22,24,28,32-33,36-41,43-44,49-50H,6,8-10,12,15-16,19-21,23,25-26H2,1-5H3/t28-,32-,33-,36+,37-,38+,39-,40-,41-,43+,44+/m1/s1. The second-order valence-corrected chi connectivity index (χ2v) is 15.3. The van der Waals surface area contributed by atoms with Gasteiger partial charge in [-0.05, 0) is 51.7 Å². The van der Waals surface area contributed by atoms with E-state index in [1.807, 2.05) is 6.07 Å². The molecule has 15 heteroatoms. The van der Waals surface area contributed by atoms with Crippen molar-refractivity contribution in [2.45, 2.75) is 179 Å². The van der Waals surface area contributed by atoms with Crippen molar-refractivity contribution in [3.63, 3.8) is 0 Å². The molecule has 1 aromatic carbocycles. The molecule has 3 saturated heterocycles. The minimum Gasteiger partial charge on any atom is -0.463 e. The average Bonchev–Trinajstić information content (AvgIpc) is 3.21. The van der Waals surface area contributed by atoms with E-state index in [9.17, 15) is 34.2 Å². The van der Waals surface area contributed by atoms with Crippen LogP contribution in [0.15, 0.2) is 48.1 Å². The van der Waals surface area contributed by atoms with E-state index < -0.39 is 91.9 Å². The van der Waals surface area contributed by atoms with E-state index in [0.717, 1.165) is 44.6 Å². The van der Waals surface area contributed by atoms with E-state index in [1.54, 1.807) is 38.1 Å². The maximum absolute atomic E-state index is 13.3. The Morgan fingerprint density at radius 3 is 2.27 bits per heavy atom. The third-order valence-corrected chi connectivity index (χ3v) is 10.6. The molecule has 3 aliphatic rings. The van der Waals surface area contributed by atoms with Crippen LogP contribution in [0.2, 0.25) is 0 Å². The van der Waals surface area contributed by atoms with E-state index in [4.69, 9.17) is 37.9 Å². The SMILES string of the molecule is CC=C(C)C(=O)O[C@@H]1[C@@H](O)[C@@H]2O[C@H]3[C@H](O[C@H](CCCCC)CCCCCCC(=O)CCC(=O)OC[C@@H](O2)[C@H]1OC(=O)C=Cc1ccccc1)O[C@H](C)[C@H](OC(C)=O)[C@@H]3O. The average molecular weight is 831 g/mol. The Bertz CT molecular complexity index is 1580. The molecule has 0 aromatic heterocycles. The lowest BCUT2D eigenvalue weighted by Gasteiger charge is -2.47. The van der Waals surface area contributed by atoms with Gasteiger partial charge >= 0.3 is 23.9 Å². The van der Waals surface area contributed by atoms with Gasteiger partial charge in [-0.25, -0.2) is 9.59 Å². The number of ketones is 1. The summed E-state index contributed by atoms with van der Waals surface area (Å²) >= 11 is 0. The number of benzene rings is 1. The van der Waals surface area contributed by atoms with Crippen LogP contribution in [0, 0.1) is 0 Å². The molecule has 328 valence electrons. The second-order valence-electron chi connectivity index (χ2n) is 15.3. The Morgan fingerprint density at radius 1 is 0.814 bits per heavy atom. The number of hydrogen-bond acceptors (Lipinski definition) is 15. The highest BCUT2D eigenvalue weighted by Gasteiger charge is 2.55. The first-order valence-electron chi connectivity index (χ1n) is 20.9. The van der Waals surface area contributed by atoms with E-state index >= 15 is 0 Å². The number of Topliss-reactive ketones (excluding diaryl/α,β-unsaturated/α-hetero) is 1. The zero-order chi connectivity index (χ0) is 42.9. The molecular formula is C44H62O15. The first kappa shape index (κ1) is 47.7. The summed E-state index contributed by atoms with van der Waals surface area (Å²) in [6, 6.07) is 8.92. The van der Waals surface area contributed by atoms with Crippen LogP contribution in [0.1, 0.15) is 117 Å². The van der Waals surface area contributed by atoms with Crippen LogP contribution in [0.3, 0.4) is 0 Å². The number of carbonyl (C=O) groups excluding carboxylic acids is 5. The van der Waals surface area contributed by atoms with Gasteiger partial charge in [0.05, 0.1) is 18.6 Å². The molecule has 4 rings (SSSR count). The summed E-state index contributed by atoms with van der Waals surface area (Å²) in [5.41, 5.74) is 0.863. The molecule has 3 fully saturated rings. The maximum atomic E-state index is 13.3. The lowest BCUT2D eigenvalue weighted by molar-refractivity contribution is -0.369. The molecule has 0 saturated carbocycles. The Balaban J connectivity index is 1.74. The van der Waals surface area contributed by atoms with Crippen molar-refractivity contribution < 1.29 is 72.1 Å². The number of cyclic esters (lactones) is 1. The predicted octanol–water partition coefficient (Wildman–Crippen LogP) is 5.21. The third-order valence-electron chi connectivity index (χ3n) is 10.6. The molecule has 0 amide bonds. The minimum absolute atomic E-state index is 0.0312. The Labute approximate surface area is 346 Å². The summed E-state index contributed by atoms with van der Waals surface area (Å²) < 4.78 is 48.0. The fourth-order valence-electron chi connectivity index (χ4n) is 7.17. The van der Waals surface area contributed by atoms with E-state index in [2.05, 4.69) is 6.92 Å². The molecule has 0 radical (unpaired) electrons. The van der Waals surface area contributed by atoms with Crippen LogP contribution in [0.5, 0.6) is 0 Å². The highest BCUT2D eigenvalue weighted by atomic mass is 16.8. The lowest BCUT2D eigenvalue weighted by atomic mass is 9.96. The first-order chi connectivity index (χ1) is 28.3. The van der Waals surface area contributed by atoms with Gasteiger partial charge in [-0.3, -0.25) is 14.4 Å². The van der Waals surface area contributed by atoms with Gasteiger partial charge in [-0.2, -0.15) is 0 Å². The van der Waals surface area contributed by atoms with Crippen LogP contribution in [0.25, 0.3) is 6.08 Å². The predicted molar refractivity (Wildman–Crippen MR) is 212 cm³/mol. The molecule has 0 aliphatic carbocycles. The number of fused-ring (bicyclic) bond motifs is 3. The molecular weight excluding hydrogens is 768 g/mol. The van der Waals surface area contributed by atoms with Crippen molar-refractivity contribution in [1.82, 2.24) is 0 Å². The minimum atomic E-state index is -1.87. The molecule has 0 spiro atoms. The lowest BCUT2D eigenvalue weighted by Crippen LogP contribution is -2.65. The van der Waals surface area contributed by atoms with Crippen molar-refractivity contribution in [2.75, 3.05) is 6.61 Å². The van der Waals surface area contributed by atoms with Crippen LogP contribution >= 0.6 is 0 Å². The van der Waals surface area contributed by atoms with Gasteiger partial charge in [-0.15, -0.1) is 0 Å². The van der Waals surface area contributed by atoms with Crippen molar-refractivity contribution in [2.24, 2.45) is 0 Å². The summed E-state index contributed by atoms with van der Waals surface area (Å²) in [7, 11) is 0. The van der Waals surface area contributed by atoms with Crippen LogP contribution in [-0.2, 0) is 61.9 Å². The number of hydrogen-bond donors (Lipinski definition) is 2. The Kier molecular flexibility index (Phi) is 19.6. The molecule has 15 nitrogen and oxygen atoms in total. The number of ether oxygens (including phenoxy) is 8. The van der Waals surface area contributed by atoms with Crippen LogP contribution < -0.4 is 0 Å². The zero-order valence-corrected chi connectivity index (χ0v) is 34.9. The van der Waals surface area contributed by atoms with Gasteiger partial charge in [0.1, 0.15) is 36.8 Å². The van der Waals surface area contributed by atoms with Crippen LogP contribution in [0.4, 0.5) is 0 Å². The van der Waals surface area contributed by atoms with Crippen LogP contribution in [-0.4, -0.2) is 114 Å². The normalized spacial score (nSPS) is 32.0. The largest absolute Gasteiger partial charge is 0.463 e. The van der Waals surface area contributed by atoms with E-state index in [-0.39, 0.29) is 30.3 Å². The van der Waals surface area contributed by atoms with Gasteiger partial charge < -0.3 is 48.1 Å². The molecule has 3 aliphatic heterocycles. The Hall–Kier alpha value is -3.99. The fourth-order valence-corrected chi connectivity index (χ4v) is 7.17. The molecule has 3 heterocycles. The number of aliphatic hydroxyl groups excluding tert-OH is 2. The maximum Gasteiger partial charge on any atom is 0.333 e. The zero-order valence-electron chi connectivity index (χ0n) is 34.9. The summed E-state index contributed by atoms with van der Waals surface area (Å²) in [6.45, 7) is 7.45. The third kappa shape index (κ3) is 14.9.